The lowest BCUT2D eigenvalue weighted by atomic mass is 9.91. The Morgan fingerprint density at radius 3 is 1.97 bits per heavy atom. The maximum atomic E-state index is 6.34. The fourth-order valence-electron chi connectivity index (χ4n) is 5.22. The van der Waals surface area contributed by atoms with Crippen molar-refractivity contribution in [2.24, 2.45) is 0 Å². The molecule has 33 heavy (non-hydrogen) atoms. The van der Waals surface area contributed by atoms with Crippen molar-refractivity contribution in [3.63, 3.8) is 0 Å². The molecular weight excluding hydrogens is 401 g/mol. The molecule has 7 rings (SSSR count). The highest BCUT2D eigenvalue weighted by molar-refractivity contribution is 6.33. The second kappa shape index (κ2) is 6.88. The Morgan fingerprint density at radius 1 is 0.576 bits per heavy atom. The fraction of sp³-hybridized carbons (Fsp3) is 0. The Bertz CT molecular complexity index is 1790. The molecule has 7 aromatic rings. The van der Waals surface area contributed by atoms with Gasteiger partial charge in [-0.05, 0) is 35.9 Å². The van der Waals surface area contributed by atoms with Crippen LogP contribution in [0.15, 0.2) is 114 Å². The van der Waals surface area contributed by atoms with E-state index in [1.54, 1.807) is 0 Å². The molecular formula is C30H20BNO. The van der Waals surface area contributed by atoms with Crippen molar-refractivity contribution in [2.75, 3.05) is 0 Å². The number of fused-ring (bicyclic) bond motifs is 6. The van der Waals surface area contributed by atoms with Gasteiger partial charge in [-0.15, -0.1) is 0 Å². The van der Waals surface area contributed by atoms with Crippen LogP contribution in [0.2, 0.25) is 0 Å². The number of benzene rings is 5. The van der Waals surface area contributed by atoms with E-state index in [9.17, 15) is 0 Å². The molecule has 0 unspecified atom stereocenters. The van der Waals surface area contributed by atoms with Crippen molar-refractivity contribution in [1.82, 2.24) is 4.57 Å². The summed E-state index contributed by atoms with van der Waals surface area (Å²) in [7, 11) is 2.17. The molecule has 154 valence electrons. The first-order valence-electron chi connectivity index (χ1n) is 11.3. The molecule has 0 bridgehead atoms. The lowest BCUT2D eigenvalue weighted by Gasteiger charge is -2.12. The van der Waals surface area contributed by atoms with Crippen molar-refractivity contribution in [3.8, 4) is 16.8 Å². The third-order valence-corrected chi connectivity index (χ3v) is 6.62. The summed E-state index contributed by atoms with van der Waals surface area (Å²) in [6.45, 7) is 0. The van der Waals surface area contributed by atoms with Gasteiger partial charge in [0.1, 0.15) is 19.0 Å². The van der Waals surface area contributed by atoms with Crippen molar-refractivity contribution in [1.29, 1.82) is 0 Å². The molecule has 3 heteroatoms. The van der Waals surface area contributed by atoms with Crippen LogP contribution < -0.4 is 5.46 Å². The second-order valence-electron chi connectivity index (χ2n) is 8.71. The molecule has 0 amide bonds. The van der Waals surface area contributed by atoms with Gasteiger partial charge in [0.25, 0.3) is 0 Å². The number of nitrogens with zero attached hydrogens (tertiary/aromatic N) is 1. The van der Waals surface area contributed by atoms with Gasteiger partial charge in [0.2, 0.25) is 0 Å². The van der Waals surface area contributed by atoms with Gasteiger partial charge in [-0.1, -0.05) is 84.3 Å². The Hall–Kier alpha value is -4.24. The van der Waals surface area contributed by atoms with Gasteiger partial charge >= 0.3 is 0 Å². The van der Waals surface area contributed by atoms with Crippen LogP contribution in [0.4, 0.5) is 0 Å². The van der Waals surface area contributed by atoms with E-state index in [4.69, 9.17) is 4.42 Å². The van der Waals surface area contributed by atoms with E-state index >= 15 is 0 Å². The second-order valence-corrected chi connectivity index (χ2v) is 8.71. The first kappa shape index (κ1) is 18.3. The highest BCUT2D eigenvalue weighted by atomic mass is 16.3. The van der Waals surface area contributed by atoms with E-state index in [0.717, 1.165) is 38.8 Å². The normalized spacial score (nSPS) is 11.8. The van der Waals surface area contributed by atoms with E-state index in [0.29, 0.717) is 0 Å². The monoisotopic (exact) mass is 421 g/mol. The van der Waals surface area contributed by atoms with Crippen LogP contribution in [0.1, 0.15) is 0 Å². The lowest BCUT2D eigenvalue weighted by molar-refractivity contribution is 0.670. The summed E-state index contributed by atoms with van der Waals surface area (Å²) < 4.78 is 8.72. The van der Waals surface area contributed by atoms with E-state index in [-0.39, 0.29) is 0 Å². The molecule has 0 aliphatic rings. The van der Waals surface area contributed by atoms with Gasteiger partial charge in [0.05, 0.1) is 11.0 Å². The van der Waals surface area contributed by atoms with Gasteiger partial charge in [0, 0.05) is 32.8 Å². The van der Waals surface area contributed by atoms with Gasteiger partial charge in [-0.2, -0.15) is 0 Å². The number of hydrogen-bond acceptors (Lipinski definition) is 1. The predicted molar refractivity (Wildman–Crippen MR) is 142 cm³/mol. The Labute approximate surface area is 192 Å². The van der Waals surface area contributed by atoms with E-state index in [1.807, 2.05) is 12.1 Å². The molecule has 0 aliphatic carbocycles. The third-order valence-electron chi connectivity index (χ3n) is 6.62. The van der Waals surface area contributed by atoms with Crippen LogP contribution in [0.3, 0.4) is 0 Å². The minimum atomic E-state index is 0.926. The first-order chi connectivity index (χ1) is 16.3. The minimum absolute atomic E-state index is 0.926. The summed E-state index contributed by atoms with van der Waals surface area (Å²) >= 11 is 0. The largest absolute Gasteiger partial charge is 0.455 e. The topological polar surface area (TPSA) is 18.1 Å². The van der Waals surface area contributed by atoms with E-state index < -0.39 is 0 Å². The smallest absolute Gasteiger partial charge is 0.143 e. The Kier molecular flexibility index (Phi) is 3.83. The Balaban J connectivity index is 1.53. The molecule has 2 nitrogen and oxygen atoms in total. The van der Waals surface area contributed by atoms with Gasteiger partial charge in [-0.25, -0.2) is 0 Å². The summed E-state index contributed by atoms with van der Waals surface area (Å²) in [6, 6.07) is 38.8. The number of rotatable bonds is 2. The SMILES string of the molecule is Bc1cc(-c2cccc3c2oc2ccccc23)cc(-n2c3ccccc3c3ccccc32)c1. The summed E-state index contributed by atoms with van der Waals surface area (Å²) in [5, 5.41) is 4.86. The zero-order valence-electron chi connectivity index (χ0n) is 18.2. The molecule has 0 saturated heterocycles. The fourth-order valence-corrected chi connectivity index (χ4v) is 5.22. The molecule has 2 heterocycles. The van der Waals surface area contributed by atoms with Crippen LogP contribution >= 0.6 is 0 Å². The van der Waals surface area contributed by atoms with Crippen LogP contribution in [0.25, 0.3) is 60.6 Å². The van der Waals surface area contributed by atoms with E-state index in [1.165, 1.54) is 27.3 Å². The van der Waals surface area contributed by atoms with Crippen molar-refractivity contribution < 1.29 is 4.42 Å². The summed E-state index contributed by atoms with van der Waals surface area (Å²) in [5.74, 6) is 0. The number of furan rings is 1. The van der Waals surface area contributed by atoms with Gasteiger partial charge in [0.15, 0.2) is 0 Å². The highest BCUT2D eigenvalue weighted by Crippen LogP contribution is 2.37. The average molecular weight is 421 g/mol. The molecule has 0 saturated carbocycles. The molecule has 0 aliphatic heterocycles. The maximum Gasteiger partial charge on any atom is 0.143 e. The number of para-hydroxylation sites is 4. The summed E-state index contributed by atoms with van der Waals surface area (Å²) in [6.07, 6.45) is 0. The molecule has 2 aromatic heterocycles. The van der Waals surface area contributed by atoms with Crippen molar-refractivity contribution in [3.05, 3.63) is 109 Å². The average Bonchev–Trinajstić information content (AvgIpc) is 3.39. The number of aromatic nitrogens is 1. The van der Waals surface area contributed by atoms with Gasteiger partial charge < -0.3 is 8.98 Å². The van der Waals surface area contributed by atoms with Crippen LogP contribution in [-0.4, -0.2) is 12.4 Å². The van der Waals surface area contributed by atoms with Crippen molar-refractivity contribution in [2.45, 2.75) is 0 Å². The lowest BCUT2D eigenvalue weighted by Crippen LogP contribution is -2.06. The van der Waals surface area contributed by atoms with Crippen LogP contribution in [0, 0.1) is 0 Å². The third kappa shape index (κ3) is 2.69. The minimum Gasteiger partial charge on any atom is -0.455 e. The maximum absolute atomic E-state index is 6.34. The van der Waals surface area contributed by atoms with Crippen LogP contribution in [-0.2, 0) is 0 Å². The van der Waals surface area contributed by atoms with E-state index in [2.05, 4.69) is 109 Å². The predicted octanol–water partition coefficient (Wildman–Crippen LogP) is 6.61. The molecule has 0 radical (unpaired) electrons. The molecule has 0 N–H and O–H groups in total. The zero-order valence-corrected chi connectivity index (χ0v) is 18.2. The van der Waals surface area contributed by atoms with Crippen molar-refractivity contribution >= 4 is 57.1 Å². The summed E-state index contributed by atoms with van der Waals surface area (Å²) in [5.41, 5.74) is 8.97. The zero-order chi connectivity index (χ0) is 21.9. The molecule has 0 atom stereocenters. The molecule has 0 fully saturated rings. The number of hydrogen-bond donors (Lipinski definition) is 0. The standard InChI is InChI=1S/C30H20BNO/c31-20-16-19(22-11-7-12-26-25-10-3-6-15-29(25)33-30(22)26)17-21(18-20)32-27-13-4-1-8-23(27)24-9-2-5-14-28(24)32/h1-18H,31H2. The summed E-state index contributed by atoms with van der Waals surface area (Å²) in [4.78, 5) is 0. The molecule has 5 aromatic carbocycles. The first-order valence-corrected chi connectivity index (χ1v) is 11.3. The quantitative estimate of drug-likeness (QED) is 0.287. The highest BCUT2D eigenvalue weighted by Gasteiger charge is 2.15. The Morgan fingerprint density at radius 2 is 1.21 bits per heavy atom. The molecule has 0 spiro atoms. The van der Waals surface area contributed by atoms with Crippen LogP contribution in [0.5, 0.6) is 0 Å². The van der Waals surface area contributed by atoms with Gasteiger partial charge in [-0.3, -0.25) is 0 Å².